The van der Waals surface area contributed by atoms with E-state index in [1.165, 1.54) is 205 Å². The number of carbonyl (C=O) groups is 2. The molecule has 0 aliphatic carbocycles. The molecule has 9 nitrogen and oxygen atoms in total. The summed E-state index contributed by atoms with van der Waals surface area (Å²) >= 11 is 0. The Labute approximate surface area is 513 Å². The molecule has 1 N–H and O–H groups in total. The molecule has 0 aliphatic rings. The fourth-order valence-corrected chi connectivity index (χ4v) is 10.6. The molecule has 0 amide bonds. The van der Waals surface area contributed by atoms with Crippen LogP contribution in [0, 0.1) is 0 Å². The molecule has 0 aliphatic heterocycles. The summed E-state index contributed by atoms with van der Waals surface area (Å²) in [6, 6.07) is 0. The van der Waals surface area contributed by atoms with Crippen LogP contribution in [0.15, 0.2) is 85.1 Å². The molecular weight excluding hydrogens is 1050 g/mol. The van der Waals surface area contributed by atoms with E-state index in [-0.39, 0.29) is 25.6 Å². The smallest absolute Gasteiger partial charge is 0.462 e. The van der Waals surface area contributed by atoms with Crippen LogP contribution in [0.25, 0.3) is 0 Å². The van der Waals surface area contributed by atoms with E-state index in [0.29, 0.717) is 23.9 Å². The summed E-state index contributed by atoms with van der Waals surface area (Å²) in [7, 11) is 1.49. The summed E-state index contributed by atoms with van der Waals surface area (Å²) in [5.74, 6) is -0.784. The highest BCUT2D eigenvalue weighted by atomic mass is 31.2. The van der Waals surface area contributed by atoms with Crippen molar-refractivity contribution in [1.82, 2.24) is 0 Å². The van der Waals surface area contributed by atoms with Crippen LogP contribution >= 0.6 is 7.82 Å². The van der Waals surface area contributed by atoms with E-state index in [1.54, 1.807) is 0 Å². The zero-order valence-corrected chi connectivity index (χ0v) is 55.8. The molecule has 10 heteroatoms. The Balaban J connectivity index is 4.02. The lowest BCUT2D eigenvalue weighted by atomic mass is 10.0. The van der Waals surface area contributed by atoms with Gasteiger partial charge in [0, 0.05) is 12.8 Å². The second-order valence-electron chi connectivity index (χ2n) is 24.5. The highest BCUT2D eigenvalue weighted by Crippen LogP contribution is 2.43. The fourth-order valence-electron chi connectivity index (χ4n) is 9.88. The third-order valence-corrected chi connectivity index (χ3v) is 16.2. The van der Waals surface area contributed by atoms with Crippen LogP contribution in [0.5, 0.6) is 0 Å². The first-order valence-electron chi connectivity index (χ1n) is 34.8. The van der Waals surface area contributed by atoms with E-state index >= 15 is 0 Å². The molecule has 0 bridgehead atoms. The monoisotopic (exact) mass is 1180 g/mol. The third-order valence-electron chi connectivity index (χ3n) is 15.2. The maximum Gasteiger partial charge on any atom is 0.472 e. The number of unbranched alkanes of at least 4 members (excludes halogenated alkanes) is 36. The van der Waals surface area contributed by atoms with E-state index < -0.39 is 26.5 Å². The quantitative estimate of drug-likeness (QED) is 0.0211. The summed E-state index contributed by atoms with van der Waals surface area (Å²) in [5.41, 5.74) is 0. The van der Waals surface area contributed by atoms with E-state index in [2.05, 4.69) is 98.9 Å². The van der Waals surface area contributed by atoms with Crippen molar-refractivity contribution in [3.05, 3.63) is 85.1 Å². The molecule has 0 saturated heterocycles. The van der Waals surface area contributed by atoms with Crippen LogP contribution in [0.4, 0.5) is 0 Å². The lowest BCUT2D eigenvalue weighted by molar-refractivity contribution is -0.870. The van der Waals surface area contributed by atoms with Gasteiger partial charge >= 0.3 is 19.8 Å². The van der Waals surface area contributed by atoms with Crippen molar-refractivity contribution in [1.29, 1.82) is 0 Å². The van der Waals surface area contributed by atoms with Crippen LogP contribution in [-0.2, 0) is 32.7 Å². The van der Waals surface area contributed by atoms with Crippen LogP contribution in [0.2, 0.25) is 0 Å². The van der Waals surface area contributed by atoms with Gasteiger partial charge < -0.3 is 18.9 Å². The number of nitrogens with zero attached hydrogens (tertiary/aromatic N) is 1. The Hall–Kier alpha value is -2.81. The molecule has 2 unspecified atom stereocenters. The SMILES string of the molecule is CC/C=C\C/C=C\C/C=C\C/C=C\C/C=C\C/C=C\C/C=C\CCCCCCCCCCCCCCCCCC(=O)OC(COC(=O)CCCCCCCCCCCCCCCCCCCCCCCC)COP(=O)(O)OCC[N+](C)(C)C. The van der Waals surface area contributed by atoms with Crippen LogP contribution < -0.4 is 0 Å². The molecule has 0 spiro atoms. The van der Waals surface area contributed by atoms with Crippen LogP contribution in [-0.4, -0.2) is 74.9 Å². The number of hydrogen-bond acceptors (Lipinski definition) is 7. The van der Waals surface area contributed by atoms with Gasteiger partial charge in [-0.1, -0.05) is 317 Å². The first kappa shape index (κ1) is 80.2. The number of quaternary nitrogens is 1. The van der Waals surface area contributed by atoms with Gasteiger partial charge in [0.2, 0.25) is 0 Å². The zero-order chi connectivity index (χ0) is 60.5. The van der Waals surface area contributed by atoms with Gasteiger partial charge in [0.05, 0.1) is 27.7 Å². The van der Waals surface area contributed by atoms with Crippen molar-refractivity contribution in [3.8, 4) is 0 Å². The number of phosphoric ester groups is 1. The van der Waals surface area contributed by atoms with Crippen molar-refractivity contribution in [2.24, 2.45) is 0 Å². The van der Waals surface area contributed by atoms with Crippen molar-refractivity contribution < 1.29 is 42.1 Å². The second-order valence-corrected chi connectivity index (χ2v) is 26.0. The first-order chi connectivity index (χ1) is 40.5. The highest BCUT2D eigenvalue weighted by Gasteiger charge is 2.27. The van der Waals surface area contributed by atoms with Gasteiger partial charge in [-0.05, 0) is 70.6 Å². The van der Waals surface area contributed by atoms with Crippen molar-refractivity contribution in [3.63, 3.8) is 0 Å². The lowest BCUT2D eigenvalue weighted by Gasteiger charge is -2.24. The summed E-state index contributed by atoms with van der Waals surface area (Å²) in [4.78, 5) is 35.9. The van der Waals surface area contributed by atoms with E-state index in [4.69, 9.17) is 18.5 Å². The molecule has 0 rings (SSSR count). The number of allylic oxidation sites excluding steroid dienone is 14. The molecule has 0 aromatic heterocycles. The molecule has 0 fully saturated rings. The molecular formula is C73H133NO8P+. The Morgan fingerprint density at radius 1 is 0.386 bits per heavy atom. The second kappa shape index (κ2) is 63.7. The van der Waals surface area contributed by atoms with Crippen molar-refractivity contribution in [2.75, 3.05) is 47.5 Å². The zero-order valence-electron chi connectivity index (χ0n) is 54.9. The number of ether oxygens (including phenoxy) is 2. The standard InChI is InChI=1S/C73H132NO8P/c1-6-8-10-12-14-16-18-20-22-24-26-28-30-31-32-33-34-35-36-37-38-39-40-41-42-43-44-46-48-50-52-54-56-58-60-62-64-66-73(76)82-71(70-81-83(77,78)80-68-67-74(3,4)5)69-79-72(75)65-63-61-59-57-55-53-51-49-47-45-29-27-25-23-21-19-17-15-13-11-9-7-2/h8,10,14,16,20,22,26,28,31-32,34-35,37-38,71H,6-7,9,11-13,15,17-19,21,23-25,27,29-30,33,36,39-70H2,1-5H3/p+1/b10-8-,16-14-,22-20-,28-26-,32-31-,35-34-,38-37-. The summed E-state index contributed by atoms with van der Waals surface area (Å²) < 4.78 is 34.7. The molecule has 0 aromatic carbocycles. The number of likely N-dealkylation sites (N-methyl/N-ethyl adjacent to an activating group) is 1. The Morgan fingerprint density at radius 3 is 1.02 bits per heavy atom. The molecule has 0 saturated carbocycles. The average Bonchev–Trinajstić information content (AvgIpc) is 3.49. The minimum Gasteiger partial charge on any atom is -0.462 e. The molecule has 83 heavy (non-hydrogen) atoms. The number of phosphoric acid groups is 1. The van der Waals surface area contributed by atoms with Crippen LogP contribution in [0.3, 0.4) is 0 Å². The summed E-state index contributed by atoms with van der Waals surface area (Å²) in [5, 5.41) is 0. The molecule has 0 aromatic rings. The van der Waals surface area contributed by atoms with Gasteiger partial charge in [0.25, 0.3) is 0 Å². The first-order valence-corrected chi connectivity index (χ1v) is 36.3. The van der Waals surface area contributed by atoms with E-state index in [0.717, 1.165) is 77.0 Å². The van der Waals surface area contributed by atoms with E-state index in [1.807, 2.05) is 21.1 Å². The number of rotatable bonds is 64. The summed E-state index contributed by atoms with van der Waals surface area (Å²) in [6.07, 6.45) is 86.8. The third kappa shape index (κ3) is 68.2. The fraction of sp³-hybridized carbons (Fsp3) is 0.781. The molecule has 2 atom stereocenters. The molecule has 0 radical (unpaired) electrons. The van der Waals surface area contributed by atoms with Crippen molar-refractivity contribution >= 4 is 19.8 Å². The van der Waals surface area contributed by atoms with Gasteiger partial charge in [-0.15, -0.1) is 0 Å². The van der Waals surface area contributed by atoms with E-state index in [9.17, 15) is 19.0 Å². The largest absolute Gasteiger partial charge is 0.472 e. The highest BCUT2D eigenvalue weighted by molar-refractivity contribution is 7.47. The number of carbonyl (C=O) groups excluding carboxylic acids is 2. The Kier molecular flexibility index (Phi) is 61.5. The predicted octanol–water partition coefficient (Wildman–Crippen LogP) is 22.5. The number of esters is 2. The topological polar surface area (TPSA) is 108 Å². The molecule has 0 heterocycles. The minimum absolute atomic E-state index is 0.0316. The van der Waals surface area contributed by atoms with Gasteiger partial charge in [0.15, 0.2) is 6.10 Å². The van der Waals surface area contributed by atoms with Crippen LogP contribution in [0.1, 0.15) is 316 Å². The van der Waals surface area contributed by atoms with Gasteiger partial charge in [0.1, 0.15) is 19.8 Å². The maximum absolute atomic E-state index is 12.9. The Bertz CT molecular complexity index is 1680. The van der Waals surface area contributed by atoms with Crippen molar-refractivity contribution in [2.45, 2.75) is 322 Å². The lowest BCUT2D eigenvalue weighted by Crippen LogP contribution is -2.37. The minimum atomic E-state index is -4.39. The average molecular weight is 1180 g/mol. The number of hydrogen-bond donors (Lipinski definition) is 1. The van der Waals surface area contributed by atoms with Gasteiger partial charge in [-0.25, -0.2) is 4.57 Å². The maximum atomic E-state index is 12.9. The molecule has 482 valence electrons. The van der Waals surface area contributed by atoms with Gasteiger partial charge in [-0.2, -0.15) is 0 Å². The Morgan fingerprint density at radius 2 is 0.687 bits per heavy atom. The van der Waals surface area contributed by atoms with Gasteiger partial charge in [-0.3, -0.25) is 18.6 Å². The predicted molar refractivity (Wildman–Crippen MR) is 358 cm³/mol. The normalized spacial score (nSPS) is 13.7. The summed E-state index contributed by atoms with van der Waals surface area (Å²) in [6.45, 7) is 4.37.